The largest absolute Gasteiger partial charge is 0.469 e. The molecule has 1 amide bonds. The third kappa shape index (κ3) is 10.2. The van der Waals surface area contributed by atoms with E-state index >= 15 is 0 Å². The van der Waals surface area contributed by atoms with E-state index in [4.69, 9.17) is 4.74 Å². The molecule has 1 aliphatic rings. The SMILES string of the molecule is COC(=O)CCCCCCCCCCC(=O)CC(=O)N[C@H]1CCOC1=O. The first-order chi connectivity index (χ1) is 12.5. The van der Waals surface area contributed by atoms with Crippen molar-refractivity contribution in [1.82, 2.24) is 5.32 Å². The Labute approximate surface area is 155 Å². The van der Waals surface area contributed by atoms with Crippen molar-refractivity contribution in [3.05, 3.63) is 0 Å². The molecule has 0 saturated carbocycles. The van der Waals surface area contributed by atoms with Crippen LogP contribution in [-0.4, -0.2) is 43.4 Å². The van der Waals surface area contributed by atoms with Crippen LogP contribution in [0.15, 0.2) is 0 Å². The highest BCUT2D eigenvalue weighted by molar-refractivity contribution is 5.99. The zero-order valence-electron chi connectivity index (χ0n) is 15.7. The second-order valence-electron chi connectivity index (χ2n) is 6.70. The Bertz CT molecular complexity index is 477. The summed E-state index contributed by atoms with van der Waals surface area (Å²) < 4.78 is 9.35. The molecule has 0 aliphatic carbocycles. The Morgan fingerprint density at radius 2 is 1.58 bits per heavy atom. The van der Waals surface area contributed by atoms with Gasteiger partial charge in [-0.3, -0.25) is 14.4 Å². The summed E-state index contributed by atoms with van der Waals surface area (Å²) in [5.74, 6) is -1.05. The molecule has 0 aromatic carbocycles. The number of hydrogen-bond donors (Lipinski definition) is 1. The fourth-order valence-electron chi connectivity index (χ4n) is 2.89. The van der Waals surface area contributed by atoms with E-state index in [-0.39, 0.29) is 18.2 Å². The Morgan fingerprint density at radius 1 is 1.00 bits per heavy atom. The van der Waals surface area contributed by atoms with Crippen LogP contribution < -0.4 is 5.32 Å². The van der Waals surface area contributed by atoms with E-state index in [0.29, 0.717) is 25.9 Å². The number of ketones is 1. The predicted octanol–water partition coefficient (Wildman–Crippen LogP) is 2.45. The Balaban J connectivity index is 1.91. The van der Waals surface area contributed by atoms with Crippen molar-refractivity contribution in [1.29, 1.82) is 0 Å². The molecule has 1 aliphatic heterocycles. The van der Waals surface area contributed by atoms with Gasteiger partial charge in [-0.2, -0.15) is 0 Å². The number of ether oxygens (including phenoxy) is 2. The van der Waals surface area contributed by atoms with Crippen LogP contribution in [0, 0.1) is 0 Å². The lowest BCUT2D eigenvalue weighted by Gasteiger charge is -2.08. The number of amides is 1. The van der Waals surface area contributed by atoms with E-state index in [9.17, 15) is 19.2 Å². The van der Waals surface area contributed by atoms with E-state index in [1.54, 1.807) is 0 Å². The number of carbonyl (C=O) groups is 4. The highest BCUT2D eigenvalue weighted by Crippen LogP contribution is 2.12. The molecule has 0 spiro atoms. The minimum absolute atomic E-state index is 0.0864. The highest BCUT2D eigenvalue weighted by atomic mass is 16.5. The van der Waals surface area contributed by atoms with Gasteiger partial charge in [0.25, 0.3) is 0 Å². The van der Waals surface area contributed by atoms with Crippen LogP contribution in [0.3, 0.4) is 0 Å². The van der Waals surface area contributed by atoms with Gasteiger partial charge in [0.2, 0.25) is 5.91 Å². The number of esters is 2. The summed E-state index contributed by atoms with van der Waals surface area (Å²) in [5, 5.41) is 2.54. The van der Waals surface area contributed by atoms with Gasteiger partial charge in [0.05, 0.1) is 20.1 Å². The molecule has 7 nitrogen and oxygen atoms in total. The molecule has 1 N–H and O–H groups in total. The monoisotopic (exact) mass is 369 g/mol. The first-order valence-electron chi connectivity index (χ1n) is 9.57. The lowest BCUT2D eigenvalue weighted by atomic mass is 10.0. The van der Waals surface area contributed by atoms with Gasteiger partial charge in [0.1, 0.15) is 11.8 Å². The van der Waals surface area contributed by atoms with Crippen molar-refractivity contribution < 1.29 is 28.7 Å². The average Bonchev–Trinajstić information content (AvgIpc) is 3.00. The van der Waals surface area contributed by atoms with Crippen LogP contribution in [0.5, 0.6) is 0 Å². The topological polar surface area (TPSA) is 98.8 Å². The van der Waals surface area contributed by atoms with Crippen LogP contribution in [0.1, 0.15) is 77.0 Å². The minimum Gasteiger partial charge on any atom is -0.469 e. The summed E-state index contributed by atoms with van der Waals surface area (Å²) in [6.07, 6.45) is 9.33. The van der Waals surface area contributed by atoms with Gasteiger partial charge < -0.3 is 14.8 Å². The van der Waals surface area contributed by atoms with E-state index in [0.717, 1.165) is 51.4 Å². The standard InChI is InChI=1S/C19H31NO6/c1-25-18(23)11-9-7-5-3-2-4-6-8-10-15(21)14-17(22)20-16-12-13-26-19(16)24/h16H,2-14H2,1H3,(H,20,22)/t16-/m0/s1. The maximum Gasteiger partial charge on any atom is 0.328 e. The van der Waals surface area contributed by atoms with Crippen molar-refractivity contribution in [3.8, 4) is 0 Å². The number of Topliss-reactive ketones (excluding diaryl/α,β-unsaturated/α-hetero) is 1. The molecule has 1 rings (SSSR count). The fourth-order valence-corrected chi connectivity index (χ4v) is 2.89. The Kier molecular flexibility index (Phi) is 11.3. The molecule has 7 heteroatoms. The highest BCUT2D eigenvalue weighted by Gasteiger charge is 2.28. The average molecular weight is 369 g/mol. The summed E-state index contributed by atoms with van der Waals surface area (Å²) in [6, 6.07) is -0.595. The molecule has 0 radical (unpaired) electrons. The Morgan fingerprint density at radius 3 is 2.12 bits per heavy atom. The van der Waals surface area contributed by atoms with Crippen molar-refractivity contribution in [2.24, 2.45) is 0 Å². The number of methoxy groups -OCH3 is 1. The summed E-state index contributed by atoms with van der Waals surface area (Å²) >= 11 is 0. The first-order valence-corrected chi connectivity index (χ1v) is 9.57. The number of rotatable bonds is 14. The third-order valence-electron chi connectivity index (χ3n) is 4.44. The molecule has 0 aromatic heterocycles. The van der Waals surface area contributed by atoms with Gasteiger partial charge in [0.15, 0.2) is 0 Å². The lowest BCUT2D eigenvalue weighted by Crippen LogP contribution is -2.38. The number of unbranched alkanes of at least 4 members (excludes halogenated alkanes) is 7. The Hall–Kier alpha value is -1.92. The molecule has 0 aromatic rings. The van der Waals surface area contributed by atoms with Crippen molar-refractivity contribution in [2.45, 2.75) is 83.1 Å². The van der Waals surface area contributed by atoms with Crippen molar-refractivity contribution in [2.75, 3.05) is 13.7 Å². The zero-order chi connectivity index (χ0) is 19.2. The summed E-state index contributed by atoms with van der Waals surface area (Å²) in [7, 11) is 1.41. The molecular weight excluding hydrogens is 338 g/mol. The van der Waals surface area contributed by atoms with Gasteiger partial charge in [-0.05, 0) is 12.8 Å². The quantitative estimate of drug-likeness (QED) is 0.287. The lowest BCUT2D eigenvalue weighted by molar-refractivity contribution is -0.142. The molecule has 1 heterocycles. The third-order valence-corrected chi connectivity index (χ3v) is 4.44. The summed E-state index contributed by atoms with van der Waals surface area (Å²) in [6.45, 7) is 0.322. The maximum absolute atomic E-state index is 11.8. The first kappa shape index (κ1) is 22.1. The minimum atomic E-state index is -0.595. The number of carbonyl (C=O) groups excluding carboxylic acids is 4. The van der Waals surface area contributed by atoms with Gasteiger partial charge in [-0.25, -0.2) is 4.79 Å². The van der Waals surface area contributed by atoms with Crippen LogP contribution >= 0.6 is 0 Å². The van der Waals surface area contributed by atoms with Crippen molar-refractivity contribution in [3.63, 3.8) is 0 Å². The molecule has 148 valence electrons. The molecule has 1 saturated heterocycles. The van der Waals surface area contributed by atoms with Crippen LogP contribution in [0.25, 0.3) is 0 Å². The van der Waals surface area contributed by atoms with Crippen molar-refractivity contribution >= 4 is 23.6 Å². The van der Waals surface area contributed by atoms with E-state index < -0.39 is 17.9 Å². The number of nitrogens with one attached hydrogen (secondary N) is 1. The summed E-state index contributed by atoms with van der Waals surface area (Å²) in [4.78, 5) is 45.7. The van der Waals surface area contributed by atoms with Crippen LogP contribution in [0.4, 0.5) is 0 Å². The molecule has 1 fully saturated rings. The van der Waals surface area contributed by atoms with E-state index in [1.165, 1.54) is 7.11 Å². The molecule has 1 atom stereocenters. The van der Waals surface area contributed by atoms with E-state index in [1.807, 2.05) is 0 Å². The second-order valence-corrected chi connectivity index (χ2v) is 6.70. The molecular formula is C19H31NO6. The van der Waals surface area contributed by atoms with Crippen LogP contribution in [-0.2, 0) is 28.7 Å². The molecule has 26 heavy (non-hydrogen) atoms. The van der Waals surface area contributed by atoms with Crippen LogP contribution in [0.2, 0.25) is 0 Å². The van der Waals surface area contributed by atoms with Gasteiger partial charge in [-0.1, -0.05) is 38.5 Å². The van der Waals surface area contributed by atoms with Gasteiger partial charge in [-0.15, -0.1) is 0 Å². The number of hydrogen-bond acceptors (Lipinski definition) is 6. The fraction of sp³-hybridized carbons (Fsp3) is 0.789. The van der Waals surface area contributed by atoms with Gasteiger partial charge >= 0.3 is 11.9 Å². The smallest absolute Gasteiger partial charge is 0.328 e. The molecule has 0 unspecified atom stereocenters. The normalized spacial score (nSPS) is 16.2. The summed E-state index contributed by atoms with van der Waals surface area (Å²) in [5.41, 5.74) is 0. The zero-order valence-corrected chi connectivity index (χ0v) is 15.7. The number of cyclic esters (lactones) is 1. The van der Waals surface area contributed by atoms with Gasteiger partial charge in [0, 0.05) is 19.3 Å². The molecule has 0 bridgehead atoms. The second kappa shape index (κ2) is 13.3. The predicted molar refractivity (Wildman–Crippen MR) is 95.3 cm³/mol. The maximum atomic E-state index is 11.8. The van der Waals surface area contributed by atoms with E-state index in [2.05, 4.69) is 10.1 Å².